The maximum Gasteiger partial charge on any atom is 0.453 e. The second-order valence-corrected chi connectivity index (χ2v) is 9.60. The molecule has 0 radical (unpaired) electrons. The smallest absolute Gasteiger partial charge is 0.390 e. The molecule has 5 aromatic carbocycles. The van der Waals surface area contributed by atoms with Crippen molar-refractivity contribution in [1.82, 2.24) is 0 Å². The van der Waals surface area contributed by atoms with E-state index in [1.165, 1.54) is 11.1 Å². The van der Waals surface area contributed by atoms with Gasteiger partial charge in [-0.15, -0.1) is 0 Å². The first kappa shape index (κ1) is 20.0. The number of aryl methyl sites for hydroxylation is 3. The molecule has 6 rings (SSSR count). The SMILES string of the molecule is Cc1ccc2op(Oc3c4ccccc4cc4ccccc34)oc3c(C)cc(C)cc3c2c1. The zero-order chi connectivity index (χ0) is 22.5. The summed E-state index contributed by atoms with van der Waals surface area (Å²) in [6.07, 6.45) is 0. The summed E-state index contributed by atoms with van der Waals surface area (Å²) in [5.41, 5.74) is 5.03. The lowest BCUT2D eigenvalue weighted by atomic mass is 10.0. The highest BCUT2D eigenvalue weighted by Crippen LogP contribution is 2.43. The molecule has 0 spiro atoms. The summed E-state index contributed by atoms with van der Waals surface area (Å²) >= 11 is 0. The van der Waals surface area contributed by atoms with E-state index >= 15 is 0 Å². The molecule has 162 valence electrons. The molecule has 0 aliphatic rings. The summed E-state index contributed by atoms with van der Waals surface area (Å²) < 4.78 is 19.5. The van der Waals surface area contributed by atoms with Gasteiger partial charge in [-0.05, 0) is 66.9 Å². The molecule has 0 saturated heterocycles. The Bertz CT molecular complexity index is 1680. The molecule has 1 heterocycles. The van der Waals surface area contributed by atoms with Gasteiger partial charge in [-0.1, -0.05) is 66.2 Å². The number of hydrogen-bond donors (Lipinski definition) is 0. The topological polar surface area (TPSA) is 35.5 Å². The monoisotopic (exact) mass is 450 g/mol. The van der Waals surface area contributed by atoms with E-state index < -0.39 is 8.24 Å². The number of benzene rings is 5. The Labute approximate surface area is 192 Å². The van der Waals surface area contributed by atoms with Crippen LogP contribution in [0.25, 0.3) is 43.5 Å². The van der Waals surface area contributed by atoms with Gasteiger partial charge in [-0.25, -0.2) is 0 Å². The van der Waals surface area contributed by atoms with Crippen molar-refractivity contribution in [3.8, 4) is 5.75 Å². The molecule has 0 aliphatic heterocycles. The molecule has 0 saturated carbocycles. The lowest BCUT2D eigenvalue weighted by Crippen LogP contribution is -1.86. The van der Waals surface area contributed by atoms with E-state index in [0.29, 0.717) is 0 Å². The summed E-state index contributed by atoms with van der Waals surface area (Å²) in [6.45, 7) is 6.28. The van der Waals surface area contributed by atoms with Crippen molar-refractivity contribution < 1.29 is 12.9 Å². The molecule has 33 heavy (non-hydrogen) atoms. The van der Waals surface area contributed by atoms with Crippen molar-refractivity contribution in [2.45, 2.75) is 20.8 Å². The van der Waals surface area contributed by atoms with Crippen LogP contribution in [-0.4, -0.2) is 0 Å². The Morgan fingerprint density at radius 3 is 2.00 bits per heavy atom. The predicted octanol–water partition coefficient (Wildman–Crippen LogP) is 9.36. The van der Waals surface area contributed by atoms with Crippen molar-refractivity contribution in [3.63, 3.8) is 0 Å². The van der Waals surface area contributed by atoms with Crippen LogP contribution in [0, 0.1) is 20.8 Å². The Morgan fingerprint density at radius 2 is 1.27 bits per heavy atom. The minimum Gasteiger partial charge on any atom is -0.390 e. The van der Waals surface area contributed by atoms with Crippen molar-refractivity contribution in [1.29, 1.82) is 0 Å². The zero-order valence-electron chi connectivity index (χ0n) is 18.8. The van der Waals surface area contributed by atoms with Gasteiger partial charge in [0, 0.05) is 21.5 Å². The van der Waals surface area contributed by atoms with Gasteiger partial charge in [0.1, 0.15) is 11.2 Å². The molecule has 1 atom stereocenters. The van der Waals surface area contributed by atoms with Crippen molar-refractivity contribution in [3.05, 3.63) is 102 Å². The summed E-state index contributed by atoms with van der Waals surface area (Å²) in [5, 5.41) is 6.41. The van der Waals surface area contributed by atoms with Gasteiger partial charge in [-0.2, -0.15) is 0 Å². The van der Waals surface area contributed by atoms with Crippen LogP contribution in [0.3, 0.4) is 0 Å². The van der Waals surface area contributed by atoms with E-state index in [2.05, 4.69) is 75.4 Å². The molecule has 3 nitrogen and oxygen atoms in total. The van der Waals surface area contributed by atoms with E-state index in [1.807, 2.05) is 30.3 Å². The quantitative estimate of drug-likeness (QED) is 0.247. The number of hydrogen-bond acceptors (Lipinski definition) is 3. The standard InChI is InChI=1S/C29H23O3P/c1-18-12-13-27-25(15-18)26-16-19(2)14-20(3)28(26)31-33(30-27)32-29-23-10-6-4-8-21(23)17-22-9-5-7-11-24(22)29/h4-17H,1-3H3. The van der Waals surface area contributed by atoms with E-state index in [4.69, 9.17) is 12.9 Å². The van der Waals surface area contributed by atoms with Gasteiger partial charge in [0.2, 0.25) is 0 Å². The first-order valence-corrected chi connectivity index (χ1v) is 12.1. The first-order chi connectivity index (χ1) is 16.1. The maximum absolute atomic E-state index is 6.61. The van der Waals surface area contributed by atoms with Crippen molar-refractivity contribution in [2.24, 2.45) is 0 Å². The highest BCUT2D eigenvalue weighted by atomic mass is 31.1. The average molecular weight is 450 g/mol. The summed E-state index contributed by atoms with van der Waals surface area (Å²) in [4.78, 5) is 0. The Balaban J connectivity index is 1.69. The van der Waals surface area contributed by atoms with Crippen LogP contribution in [0.4, 0.5) is 0 Å². The van der Waals surface area contributed by atoms with Crippen LogP contribution in [0.2, 0.25) is 0 Å². The second kappa shape index (κ2) is 7.72. The zero-order valence-corrected chi connectivity index (χ0v) is 19.6. The Kier molecular flexibility index (Phi) is 4.67. The van der Waals surface area contributed by atoms with E-state index in [0.717, 1.165) is 54.8 Å². The van der Waals surface area contributed by atoms with Crippen LogP contribution in [0.5, 0.6) is 5.75 Å². The fraction of sp³-hybridized carbons (Fsp3) is 0.103. The molecule has 0 N–H and O–H groups in total. The predicted molar refractivity (Wildman–Crippen MR) is 138 cm³/mol. The van der Waals surface area contributed by atoms with Crippen LogP contribution < -0.4 is 4.52 Å². The van der Waals surface area contributed by atoms with Crippen LogP contribution >= 0.6 is 8.24 Å². The summed E-state index contributed by atoms with van der Waals surface area (Å²) in [5.74, 6) is 0.789. The third kappa shape index (κ3) is 3.46. The first-order valence-electron chi connectivity index (χ1n) is 11.0. The third-order valence-corrected chi connectivity index (χ3v) is 7.08. The molecule has 4 heteroatoms. The minimum absolute atomic E-state index is 0.778. The third-order valence-electron chi connectivity index (χ3n) is 6.07. The van der Waals surface area contributed by atoms with Crippen molar-refractivity contribution in [2.75, 3.05) is 0 Å². The lowest BCUT2D eigenvalue weighted by molar-refractivity contribution is 0.504. The minimum atomic E-state index is -1.73. The fourth-order valence-corrected chi connectivity index (χ4v) is 5.73. The normalized spacial score (nSPS) is 12.0. The molecular weight excluding hydrogens is 427 g/mol. The van der Waals surface area contributed by atoms with E-state index in [-0.39, 0.29) is 0 Å². The van der Waals surface area contributed by atoms with Gasteiger partial charge in [0.25, 0.3) is 0 Å². The molecular formula is C29H23O3P. The molecule has 1 aromatic heterocycles. The Hall–Kier alpha value is -3.68. The summed E-state index contributed by atoms with van der Waals surface area (Å²) in [7, 11) is -1.73. The molecule has 0 bridgehead atoms. The highest BCUT2D eigenvalue weighted by molar-refractivity contribution is 7.32. The van der Waals surface area contributed by atoms with Crippen molar-refractivity contribution >= 4 is 51.7 Å². The maximum atomic E-state index is 6.61. The molecule has 1 unspecified atom stereocenters. The van der Waals surface area contributed by atoms with Gasteiger partial charge >= 0.3 is 8.24 Å². The second-order valence-electron chi connectivity index (χ2n) is 8.60. The lowest BCUT2D eigenvalue weighted by Gasteiger charge is -2.10. The van der Waals surface area contributed by atoms with Crippen LogP contribution in [0.1, 0.15) is 16.7 Å². The number of fused-ring (bicyclic) bond motifs is 5. The van der Waals surface area contributed by atoms with Crippen LogP contribution in [0.15, 0.2) is 93.3 Å². The van der Waals surface area contributed by atoms with Gasteiger partial charge < -0.3 is 12.9 Å². The Morgan fingerprint density at radius 1 is 0.606 bits per heavy atom. The van der Waals surface area contributed by atoms with Gasteiger partial charge in [-0.3, -0.25) is 0 Å². The largest absolute Gasteiger partial charge is 0.453 e. The highest BCUT2D eigenvalue weighted by Gasteiger charge is 2.15. The molecule has 0 amide bonds. The average Bonchev–Trinajstić information content (AvgIpc) is 2.96. The van der Waals surface area contributed by atoms with E-state index in [9.17, 15) is 0 Å². The van der Waals surface area contributed by atoms with E-state index in [1.54, 1.807) is 0 Å². The molecule has 0 fully saturated rings. The fourth-order valence-electron chi connectivity index (χ4n) is 4.57. The van der Waals surface area contributed by atoms with Gasteiger partial charge in [0.15, 0.2) is 5.75 Å². The molecule has 6 aromatic rings. The number of rotatable bonds is 2. The molecule has 0 aliphatic carbocycles. The van der Waals surface area contributed by atoms with Crippen LogP contribution in [-0.2, 0) is 0 Å². The van der Waals surface area contributed by atoms with Gasteiger partial charge in [0.05, 0.1) is 0 Å². The summed E-state index contributed by atoms with van der Waals surface area (Å²) in [6, 6.07) is 29.3.